The van der Waals surface area contributed by atoms with Gasteiger partial charge < -0.3 is 0 Å². The molecule has 1 atom stereocenters. The number of benzene rings is 1. The summed E-state index contributed by atoms with van der Waals surface area (Å²) < 4.78 is 10.4. The van der Waals surface area contributed by atoms with Gasteiger partial charge in [0, 0.05) is 0 Å². The zero-order chi connectivity index (χ0) is 10.7. The summed E-state index contributed by atoms with van der Waals surface area (Å²) in [6.07, 6.45) is -0.786. The molecule has 15 heavy (non-hydrogen) atoms. The molecule has 1 aliphatic rings. The van der Waals surface area contributed by atoms with Crippen molar-refractivity contribution >= 4 is 20.2 Å². The minimum atomic E-state index is -0.786. The monoisotopic (exact) mass is 222 g/mol. The van der Waals surface area contributed by atoms with Crippen LogP contribution in [0.5, 0.6) is 0 Å². The number of nitrogens with zero attached hydrogens (tertiary/aromatic N) is 3. The molecule has 1 unspecified atom stereocenters. The second kappa shape index (κ2) is 4.25. The summed E-state index contributed by atoms with van der Waals surface area (Å²) in [4.78, 5) is 11.2. The molecule has 0 spiro atoms. The Kier molecular flexibility index (Phi) is 2.80. The fourth-order valence-corrected chi connectivity index (χ4v) is 1.56. The van der Waals surface area contributed by atoms with Crippen molar-refractivity contribution in [1.82, 2.24) is 5.09 Å². The molecule has 1 amide bonds. The maximum atomic E-state index is 11.2. The molecule has 0 saturated carbocycles. The first-order chi connectivity index (χ1) is 7.33. The minimum absolute atomic E-state index is 0.328. The van der Waals surface area contributed by atoms with Crippen LogP contribution < -0.4 is 10.1 Å². The van der Waals surface area contributed by atoms with Gasteiger partial charge in [0.1, 0.15) is 0 Å². The van der Waals surface area contributed by atoms with E-state index >= 15 is 0 Å². The number of carbonyl (C=O) groups excluding carboxylic acids is 1. The van der Waals surface area contributed by atoms with Crippen LogP contribution in [0.4, 0.5) is 5.69 Å². The number of para-hydroxylation sites is 1. The van der Waals surface area contributed by atoms with E-state index < -0.39 is 12.1 Å². The molecule has 0 bridgehead atoms. The summed E-state index contributed by atoms with van der Waals surface area (Å²) in [5, 5.41) is 10.9. The van der Waals surface area contributed by atoms with E-state index in [2.05, 4.69) is 15.4 Å². The Labute approximate surface area is 87.2 Å². The Hall–Kier alpha value is -1.65. The highest BCUT2D eigenvalue weighted by Gasteiger charge is 2.31. The van der Waals surface area contributed by atoms with Gasteiger partial charge in [0.15, 0.2) is 6.17 Å². The van der Waals surface area contributed by atoms with E-state index in [0.717, 1.165) is 0 Å². The van der Waals surface area contributed by atoms with Gasteiger partial charge in [0.2, 0.25) is 8.61 Å². The first-order valence-corrected chi connectivity index (χ1v) is 5.02. The summed E-state index contributed by atoms with van der Waals surface area (Å²) in [6.45, 7) is 0. The fraction of sp³-hybridized carbons (Fsp3) is 0.125. The number of hydrogen-bond acceptors (Lipinski definition) is 4. The number of amides is 1. The van der Waals surface area contributed by atoms with Gasteiger partial charge in [-0.2, -0.15) is 0 Å². The van der Waals surface area contributed by atoms with Crippen LogP contribution in [0.15, 0.2) is 40.7 Å². The number of hydrogen-bond donors (Lipinski definition) is 1. The molecule has 76 valence electrons. The van der Waals surface area contributed by atoms with Crippen LogP contribution in [0.25, 0.3) is 0 Å². The summed E-state index contributed by atoms with van der Waals surface area (Å²) in [5.41, 5.74) is 0.716. The smallest absolute Gasteiger partial charge is 0.267 e. The largest absolute Gasteiger partial charge is 0.306 e. The summed E-state index contributed by atoms with van der Waals surface area (Å²) in [7, 11) is -0.328. The van der Waals surface area contributed by atoms with E-state index in [-0.39, 0.29) is 8.61 Å². The van der Waals surface area contributed by atoms with Crippen molar-refractivity contribution in [3.05, 3.63) is 30.3 Å². The normalized spacial score (nSPS) is 20.1. The van der Waals surface area contributed by atoms with Crippen LogP contribution in [0.2, 0.25) is 0 Å². The zero-order valence-corrected chi connectivity index (χ0v) is 8.46. The Morgan fingerprint density at radius 2 is 2.07 bits per heavy atom. The van der Waals surface area contributed by atoms with Gasteiger partial charge in [-0.15, -0.1) is 0 Å². The lowest BCUT2D eigenvalue weighted by Crippen LogP contribution is -2.40. The van der Waals surface area contributed by atoms with Crippen LogP contribution in [-0.2, 0) is 9.36 Å². The average Bonchev–Trinajstić information content (AvgIpc) is 2.63. The number of nitrogens with one attached hydrogen (secondary N) is 1. The van der Waals surface area contributed by atoms with E-state index in [0.29, 0.717) is 5.69 Å². The lowest BCUT2D eigenvalue weighted by atomic mass is 10.3. The third-order valence-electron chi connectivity index (χ3n) is 1.91. The standard InChI is InChI=1S/C8H7N4O2P/c13-8-7(10-15-14)12(11-9-8)6-4-2-1-3-5-6/h1-5,7H,(H,10,14). The first-order valence-electron chi connectivity index (χ1n) is 4.20. The zero-order valence-electron chi connectivity index (χ0n) is 7.57. The van der Waals surface area contributed by atoms with Gasteiger partial charge in [-0.1, -0.05) is 28.5 Å². The van der Waals surface area contributed by atoms with E-state index in [4.69, 9.17) is 0 Å². The lowest BCUT2D eigenvalue weighted by Gasteiger charge is -2.17. The second-order valence-corrected chi connectivity index (χ2v) is 3.27. The van der Waals surface area contributed by atoms with E-state index in [9.17, 15) is 9.36 Å². The first kappa shape index (κ1) is 9.89. The predicted molar refractivity (Wildman–Crippen MR) is 53.3 cm³/mol. The van der Waals surface area contributed by atoms with Gasteiger partial charge in [0.05, 0.1) is 5.69 Å². The van der Waals surface area contributed by atoms with Crippen LogP contribution >= 0.6 is 8.61 Å². The number of anilines is 1. The van der Waals surface area contributed by atoms with Crippen molar-refractivity contribution in [2.45, 2.75) is 6.17 Å². The molecule has 1 heterocycles. The van der Waals surface area contributed by atoms with Gasteiger partial charge in [-0.3, -0.25) is 9.36 Å². The molecule has 0 fully saturated rings. The molecule has 2 rings (SSSR count). The van der Waals surface area contributed by atoms with Gasteiger partial charge >= 0.3 is 5.91 Å². The third-order valence-corrected chi connectivity index (χ3v) is 2.26. The Morgan fingerprint density at radius 3 is 2.73 bits per heavy atom. The molecule has 0 radical (unpaired) electrons. The topological polar surface area (TPSA) is 74.1 Å². The molecule has 0 saturated heterocycles. The third kappa shape index (κ3) is 1.91. The van der Waals surface area contributed by atoms with Crippen LogP contribution in [0.1, 0.15) is 0 Å². The molecule has 7 heteroatoms. The molecule has 1 N–H and O–H groups in total. The van der Waals surface area contributed by atoms with Crippen LogP contribution in [0.3, 0.4) is 0 Å². The molecule has 6 nitrogen and oxygen atoms in total. The second-order valence-electron chi connectivity index (χ2n) is 2.83. The predicted octanol–water partition coefficient (Wildman–Crippen LogP) is 1.52. The molecular formula is C8H7N4O2P. The van der Waals surface area contributed by atoms with Crippen molar-refractivity contribution in [3.63, 3.8) is 0 Å². The van der Waals surface area contributed by atoms with Gasteiger partial charge in [-0.25, -0.2) is 10.1 Å². The molecule has 1 aromatic carbocycles. The highest BCUT2D eigenvalue weighted by molar-refractivity contribution is 7.21. The maximum Gasteiger partial charge on any atom is 0.306 e. The van der Waals surface area contributed by atoms with Crippen molar-refractivity contribution in [2.24, 2.45) is 10.3 Å². The van der Waals surface area contributed by atoms with E-state index in [1.54, 1.807) is 12.1 Å². The number of rotatable bonds is 3. The molecule has 0 aromatic heterocycles. The van der Waals surface area contributed by atoms with Crippen LogP contribution in [0, 0.1) is 0 Å². The summed E-state index contributed by atoms with van der Waals surface area (Å²) in [6, 6.07) is 9.06. The quantitative estimate of drug-likeness (QED) is 0.787. The Balaban J connectivity index is 2.26. The van der Waals surface area contributed by atoms with Gasteiger partial charge in [-0.05, 0) is 12.1 Å². The van der Waals surface area contributed by atoms with E-state index in [1.807, 2.05) is 18.2 Å². The molecule has 1 aliphatic heterocycles. The fourth-order valence-electron chi connectivity index (χ4n) is 1.24. The van der Waals surface area contributed by atoms with Crippen molar-refractivity contribution in [3.8, 4) is 0 Å². The average molecular weight is 222 g/mol. The lowest BCUT2D eigenvalue weighted by molar-refractivity contribution is -0.118. The summed E-state index contributed by atoms with van der Waals surface area (Å²) >= 11 is 0. The van der Waals surface area contributed by atoms with Gasteiger partial charge in [0.25, 0.3) is 0 Å². The molecule has 0 aliphatic carbocycles. The Morgan fingerprint density at radius 1 is 1.33 bits per heavy atom. The van der Waals surface area contributed by atoms with Crippen molar-refractivity contribution < 1.29 is 9.36 Å². The van der Waals surface area contributed by atoms with E-state index in [1.165, 1.54) is 5.01 Å². The number of carbonyl (C=O) groups is 1. The van der Waals surface area contributed by atoms with Crippen LogP contribution in [-0.4, -0.2) is 12.1 Å². The highest BCUT2D eigenvalue weighted by Crippen LogP contribution is 2.21. The van der Waals surface area contributed by atoms with Crippen molar-refractivity contribution in [1.29, 1.82) is 0 Å². The minimum Gasteiger partial charge on any atom is -0.267 e. The Bertz CT molecular complexity index is 408. The van der Waals surface area contributed by atoms with Crippen molar-refractivity contribution in [2.75, 3.05) is 5.01 Å². The summed E-state index contributed by atoms with van der Waals surface area (Å²) in [5.74, 6) is -0.456. The molecule has 1 aromatic rings. The SMILES string of the molecule is O=PNC1C(=O)N=NN1c1ccccc1. The highest BCUT2D eigenvalue weighted by atomic mass is 31.1. The maximum absolute atomic E-state index is 11.2. The molecular weight excluding hydrogens is 215 g/mol.